The molecule has 2 aliphatic heterocycles. The van der Waals surface area contributed by atoms with Gasteiger partial charge >= 0.3 is 0 Å². The van der Waals surface area contributed by atoms with E-state index in [1.807, 2.05) is 7.05 Å². The normalized spacial score (nSPS) is 25.5. The standard InChI is InChI=1S/C23H36N4O2.HI/c1-3-28-13-11-23(9-10-23)18-25-22(24-2)27-16-20-21(17-27)29-14-12-26(20)15-19-7-5-4-6-8-19;/h4-8,20-21H,3,9-18H2,1-2H3,(H,24,25);1H. The highest BCUT2D eigenvalue weighted by molar-refractivity contribution is 14.0. The molecule has 3 fully saturated rings. The highest BCUT2D eigenvalue weighted by Gasteiger charge is 2.44. The van der Waals surface area contributed by atoms with Crippen LogP contribution in [0.4, 0.5) is 0 Å². The van der Waals surface area contributed by atoms with Gasteiger partial charge in [-0.3, -0.25) is 9.89 Å². The molecule has 2 heterocycles. The summed E-state index contributed by atoms with van der Waals surface area (Å²) < 4.78 is 11.7. The monoisotopic (exact) mass is 528 g/mol. The van der Waals surface area contributed by atoms with Gasteiger partial charge in [-0.1, -0.05) is 30.3 Å². The van der Waals surface area contributed by atoms with E-state index in [1.165, 1.54) is 18.4 Å². The molecule has 30 heavy (non-hydrogen) atoms. The molecule has 1 aromatic carbocycles. The summed E-state index contributed by atoms with van der Waals surface area (Å²) in [5.74, 6) is 1.02. The van der Waals surface area contributed by atoms with Crippen LogP contribution < -0.4 is 5.32 Å². The molecule has 1 aromatic rings. The summed E-state index contributed by atoms with van der Waals surface area (Å²) in [5, 5.41) is 3.66. The number of benzene rings is 1. The molecule has 6 nitrogen and oxygen atoms in total. The van der Waals surface area contributed by atoms with Gasteiger partial charge in [0.2, 0.25) is 0 Å². The van der Waals surface area contributed by atoms with Crippen LogP contribution >= 0.6 is 24.0 Å². The molecule has 7 heteroatoms. The average Bonchev–Trinajstić information content (AvgIpc) is 3.37. The quantitative estimate of drug-likeness (QED) is 0.244. The fraction of sp³-hybridized carbons (Fsp3) is 0.696. The Kier molecular flexibility index (Phi) is 8.80. The Morgan fingerprint density at radius 1 is 1.27 bits per heavy atom. The van der Waals surface area contributed by atoms with Gasteiger partial charge in [-0.15, -0.1) is 24.0 Å². The first kappa shape index (κ1) is 23.8. The smallest absolute Gasteiger partial charge is 0.193 e. The molecule has 4 rings (SSSR count). The number of fused-ring (bicyclic) bond motifs is 1. The zero-order valence-electron chi connectivity index (χ0n) is 18.4. The maximum atomic E-state index is 6.14. The number of hydrogen-bond acceptors (Lipinski definition) is 4. The fourth-order valence-corrected chi connectivity index (χ4v) is 4.67. The van der Waals surface area contributed by atoms with Crippen molar-refractivity contribution in [3.63, 3.8) is 0 Å². The fourth-order valence-electron chi connectivity index (χ4n) is 4.67. The number of nitrogens with zero attached hydrogens (tertiary/aromatic N) is 3. The van der Waals surface area contributed by atoms with Gasteiger partial charge < -0.3 is 19.7 Å². The Morgan fingerprint density at radius 3 is 2.77 bits per heavy atom. The summed E-state index contributed by atoms with van der Waals surface area (Å²) in [5.41, 5.74) is 1.78. The largest absolute Gasteiger partial charge is 0.382 e. The third kappa shape index (κ3) is 5.87. The van der Waals surface area contributed by atoms with Gasteiger partial charge in [0.1, 0.15) is 0 Å². The summed E-state index contributed by atoms with van der Waals surface area (Å²) >= 11 is 0. The van der Waals surface area contributed by atoms with E-state index < -0.39 is 0 Å². The molecule has 3 aliphatic rings. The van der Waals surface area contributed by atoms with Crippen molar-refractivity contribution in [2.24, 2.45) is 10.4 Å². The molecule has 2 atom stereocenters. The molecule has 0 radical (unpaired) electrons. The summed E-state index contributed by atoms with van der Waals surface area (Å²) in [7, 11) is 1.90. The topological polar surface area (TPSA) is 49.3 Å². The number of hydrogen-bond donors (Lipinski definition) is 1. The van der Waals surface area contributed by atoms with Crippen LogP contribution in [0.5, 0.6) is 0 Å². The van der Waals surface area contributed by atoms with Gasteiger partial charge in [0, 0.05) is 53.0 Å². The highest BCUT2D eigenvalue weighted by atomic mass is 127. The van der Waals surface area contributed by atoms with Crippen molar-refractivity contribution in [1.29, 1.82) is 0 Å². The van der Waals surface area contributed by atoms with E-state index in [9.17, 15) is 0 Å². The Morgan fingerprint density at radius 2 is 2.07 bits per heavy atom. The molecular formula is C23H37IN4O2. The Bertz CT molecular complexity index is 683. The summed E-state index contributed by atoms with van der Waals surface area (Å²) in [6, 6.07) is 11.2. The molecular weight excluding hydrogens is 491 g/mol. The molecule has 1 N–H and O–H groups in total. The predicted octanol–water partition coefficient (Wildman–Crippen LogP) is 2.97. The van der Waals surface area contributed by atoms with Crippen molar-refractivity contribution >= 4 is 29.9 Å². The Balaban J connectivity index is 0.00000256. The van der Waals surface area contributed by atoms with E-state index >= 15 is 0 Å². The van der Waals surface area contributed by atoms with Gasteiger partial charge in [0.15, 0.2) is 5.96 Å². The predicted molar refractivity (Wildman–Crippen MR) is 132 cm³/mol. The van der Waals surface area contributed by atoms with Crippen molar-refractivity contribution in [1.82, 2.24) is 15.1 Å². The first-order valence-electron chi connectivity index (χ1n) is 11.2. The van der Waals surface area contributed by atoms with E-state index in [0.29, 0.717) is 11.5 Å². The van der Waals surface area contributed by atoms with Crippen molar-refractivity contribution in [2.75, 3.05) is 53.0 Å². The first-order chi connectivity index (χ1) is 14.2. The molecule has 168 valence electrons. The summed E-state index contributed by atoms with van der Waals surface area (Å²) in [6.07, 6.45) is 4.00. The molecule has 1 aliphatic carbocycles. The second kappa shape index (κ2) is 11.1. The van der Waals surface area contributed by atoms with E-state index in [4.69, 9.17) is 9.47 Å². The Hall–Kier alpha value is -0.900. The molecule has 0 amide bonds. The van der Waals surface area contributed by atoms with Crippen LogP contribution in [0, 0.1) is 5.41 Å². The van der Waals surface area contributed by atoms with Crippen LogP contribution in [0.1, 0.15) is 31.7 Å². The number of ether oxygens (including phenoxy) is 2. The summed E-state index contributed by atoms with van der Waals surface area (Å²) in [6.45, 7) is 9.43. The van der Waals surface area contributed by atoms with Crippen LogP contribution in [0.15, 0.2) is 35.3 Å². The highest BCUT2D eigenvalue weighted by Crippen LogP contribution is 2.48. The van der Waals surface area contributed by atoms with E-state index in [1.54, 1.807) is 0 Å². The second-order valence-electron chi connectivity index (χ2n) is 8.69. The van der Waals surface area contributed by atoms with E-state index in [2.05, 4.69) is 57.4 Å². The van der Waals surface area contributed by atoms with Crippen molar-refractivity contribution in [2.45, 2.75) is 44.9 Å². The van der Waals surface area contributed by atoms with Crippen molar-refractivity contribution < 1.29 is 9.47 Å². The maximum absolute atomic E-state index is 6.14. The zero-order valence-corrected chi connectivity index (χ0v) is 20.7. The third-order valence-corrected chi connectivity index (χ3v) is 6.72. The number of guanidine groups is 1. The van der Waals surface area contributed by atoms with Crippen LogP contribution in [0.25, 0.3) is 0 Å². The van der Waals surface area contributed by atoms with Gasteiger partial charge in [0.25, 0.3) is 0 Å². The number of nitrogens with one attached hydrogen (secondary N) is 1. The molecule has 0 spiro atoms. The number of halogens is 1. The van der Waals surface area contributed by atoms with Crippen molar-refractivity contribution in [3.8, 4) is 0 Å². The molecule has 2 saturated heterocycles. The number of morpholine rings is 1. The first-order valence-corrected chi connectivity index (χ1v) is 11.2. The lowest BCUT2D eigenvalue weighted by Gasteiger charge is -2.36. The second-order valence-corrected chi connectivity index (χ2v) is 8.69. The van der Waals surface area contributed by atoms with Crippen LogP contribution in [0.3, 0.4) is 0 Å². The van der Waals surface area contributed by atoms with Crippen molar-refractivity contribution in [3.05, 3.63) is 35.9 Å². The molecule has 0 aromatic heterocycles. The lowest BCUT2D eigenvalue weighted by atomic mass is 10.0. The van der Waals surface area contributed by atoms with Gasteiger partial charge in [-0.05, 0) is 37.2 Å². The minimum atomic E-state index is 0. The molecule has 2 unspecified atom stereocenters. The lowest BCUT2D eigenvalue weighted by molar-refractivity contribution is -0.0502. The van der Waals surface area contributed by atoms with Crippen LogP contribution in [-0.2, 0) is 16.0 Å². The van der Waals surface area contributed by atoms with Gasteiger partial charge in [-0.2, -0.15) is 0 Å². The zero-order chi connectivity index (χ0) is 20.1. The van der Waals surface area contributed by atoms with Crippen LogP contribution in [0.2, 0.25) is 0 Å². The SMILES string of the molecule is CCOCCC1(CNC(=NC)N2CC3OCCN(Cc4ccccc4)C3C2)CC1.I. The molecule has 0 bridgehead atoms. The average molecular weight is 528 g/mol. The number of rotatable bonds is 8. The van der Waals surface area contributed by atoms with Gasteiger partial charge in [-0.25, -0.2) is 0 Å². The van der Waals surface area contributed by atoms with Gasteiger partial charge in [0.05, 0.1) is 18.8 Å². The third-order valence-electron chi connectivity index (χ3n) is 6.72. The number of aliphatic imine (C=N–C) groups is 1. The number of likely N-dealkylation sites (tertiary alicyclic amines) is 1. The van der Waals surface area contributed by atoms with Crippen LogP contribution in [-0.4, -0.2) is 81.0 Å². The van der Waals surface area contributed by atoms with E-state index in [-0.39, 0.29) is 30.1 Å². The molecule has 1 saturated carbocycles. The Labute approximate surface area is 198 Å². The van der Waals surface area contributed by atoms with E-state index in [0.717, 1.165) is 64.9 Å². The lowest BCUT2D eigenvalue weighted by Crippen LogP contribution is -2.50. The maximum Gasteiger partial charge on any atom is 0.193 e. The summed E-state index contributed by atoms with van der Waals surface area (Å²) in [4.78, 5) is 9.56. The minimum absolute atomic E-state index is 0. The minimum Gasteiger partial charge on any atom is -0.382 e.